The van der Waals surface area contributed by atoms with E-state index in [0.29, 0.717) is 5.56 Å². The highest BCUT2D eigenvalue weighted by Crippen LogP contribution is 2.16. The van der Waals surface area contributed by atoms with Crippen molar-refractivity contribution < 1.29 is 19.1 Å². The molecule has 19 heavy (non-hydrogen) atoms. The van der Waals surface area contributed by atoms with E-state index >= 15 is 0 Å². The smallest absolute Gasteiger partial charge is 0.305 e. The Balaban J connectivity index is 2.99. The number of carbonyl (C=O) groups excluding carboxylic acids is 1. The monoisotopic (exact) mass is 267 g/mol. The SMILES string of the molecule is Cc1cccc(C(=O)N(CCC(=O)O)C(C)C)c1F. The summed E-state index contributed by atoms with van der Waals surface area (Å²) in [5, 5.41) is 8.68. The Morgan fingerprint density at radius 1 is 1.37 bits per heavy atom. The van der Waals surface area contributed by atoms with E-state index in [1.165, 1.54) is 11.0 Å². The lowest BCUT2D eigenvalue weighted by Gasteiger charge is -2.26. The van der Waals surface area contributed by atoms with Gasteiger partial charge in [-0.2, -0.15) is 0 Å². The number of halogens is 1. The van der Waals surface area contributed by atoms with Crippen LogP contribution in [0.2, 0.25) is 0 Å². The maximum atomic E-state index is 13.9. The fourth-order valence-electron chi connectivity index (χ4n) is 1.78. The summed E-state index contributed by atoms with van der Waals surface area (Å²) < 4.78 is 13.9. The summed E-state index contributed by atoms with van der Waals surface area (Å²) in [4.78, 5) is 24.2. The van der Waals surface area contributed by atoms with E-state index in [9.17, 15) is 14.0 Å². The van der Waals surface area contributed by atoms with Gasteiger partial charge in [0.05, 0.1) is 12.0 Å². The quantitative estimate of drug-likeness (QED) is 0.891. The molecule has 0 saturated carbocycles. The molecule has 1 amide bonds. The van der Waals surface area contributed by atoms with Gasteiger partial charge in [0.25, 0.3) is 5.91 Å². The van der Waals surface area contributed by atoms with Gasteiger partial charge >= 0.3 is 5.97 Å². The van der Waals surface area contributed by atoms with E-state index in [0.717, 1.165) is 0 Å². The van der Waals surface area contributed by atoms with E-state index in [4.69, 9.17) is 5.11 Å². The van der Waals surface area contributed by atoms with Crippen LogP contribution in [0.25, 0.3) is 0 Å². The Hall–Kier alpha value is -1.91. The standard InChI is InChI=1S/C14H18FNO3/c1-9(2)16(8-7-12(17)18)14(19)11-6-4-5-10(3)13(11)15/h4-6,9H,7-8H2,1-3H3,(H,17,18). The van der Waals surface area contributed by atoms with Crippen molar-refractivity contribution in [2.45, 2.75) is 33.2 Å². The predicted molar refractivity (Wildman–Crippen MR) is 69.6 cm³/mol. The Kier molecular flexibility index (Phi) is 5.03. The number of carboxylic acid groups (broad SMARTS) is 1. The fourth-order valence-corrected chi connectivity index (χ4v) is 1.78. The summed E-state index contributed by atoms with van der Waals surface area (Å²) in [5.74, 6) is -2.01. The third-order valence-corrected chi connectivity index (χ3v) is 2.87. The highest BCUT2D eigenvalue weighted by atomic mass is 19.1. The fraction of sp³-hybridized carbons (Fsp3) is 0.429. The number of amides is 1. The minimum atomic E-state index is -0.983. The summed E-state index contributed by atoms with van der Waals surface area (Å²) >= 11 is 0. The molecule has 0 aliphatic carbocycles. The second kappa shape index (κ2) is 6.31. The molecule has 0 radical (unpaired) electrons. The highest BCUT2D eigenvalue weighted by Gasteiger charge is 2.22. The van der Waals surface area contributed by atoms with Crippen LogP contribution in [-0.2, 0) is 4.79 Å². The third-order valence-electron chi connectivity index (χ3n) is 2.87. The molecular weight excluding hydrogens is 249 g/mol. The molecule has 0 heterocycles. The third kappa shape index (κ3) is 3.77. The van der Waals surface area contributed by atoms with Gasteiger partial charge in [-0.25, -0.2) is 4.39 Å². The molecule has 0 unspecified atom stereocenters. The van der Waals surface area contributed by atoms with Crippen molar-refractivity contribution in [1.82, 2.24) is 4.90 Å². The van der Waals surface area contributed by atoms with Crippen LogP contribution >= 0.6 is 0 Å². The van der Waals surface area contributed by atoms with E-state index < -0.39 is 17.7 Å². The number of carbonyl (C=O) groups is 2. The molecule has 0 aromatic heterocycles. The van der Waals surface area contributed by atoms with Crippen LogP contribution in [0.4, 0.5) is 4.39 Å². The number of carboxylic acids is 1. The molecule has 1 rings (SSSR count). The Morgan fingerprint density at radius 3 is 2.53 bits per heavy atom. The number of rotatable bonds is 5. The van der Waals surface area contributed by atoms with Gasteiger partial charge < -0.3 is 10.0 Å². The Morgan fingerprint density at radius 2 is 2.00 bits per heavy atom. The first-order chi connectivity index (χ1) is 8.84. The molecule has 4 nitrogen and oxygen atoms in total. The summed E-state index contributed by atoms with van der Waals surface area (Å²) in [6.07, 6.45) is -0.155. The number of benzene rings is 1. The molecule has 0 spiro atoms. The molecule has 0 fully saturated rings. The van der Waals surface area contributed by atoms with Gasteiger partial charge in [-0.15, -0.1) is 0 Å². The van der Waals surface area contributed by atoms with Gasteiger partial charge in [-0.3, -0.25) is 9.59 Å². The van der Waals surface area contributed by atoms with E-state index in [-0.39, 0.29) is 24.6 Å². The molecule has 1 aromatic carbocycles. The number of nitrogens with zero attached hydrogens (tertiary/aromatic N) is 1. The van der Waals surface area contributed by atoms with Crippen LogP contribution in [0.5, 0.6) is 0 Å². The average molecular weight is 267 g/mol. The van der Waals surface area contributed by atoms with Crippen LogP contribution in [0.1, 0.15) is 36.2 Å². The van der Waals surface area contributed by atoms with Gasteiger partial charge in [-0.1, -0.05) is 12.1 Å². The van der Waals surface area contributed by atoms with Gasteiger partial charge in [0.2, 0.25) is 0 Å². The van der Waals surface area contributed by atoms with E-state index in [2.05, 4.69) is 0 Å². The van der Waals surface area contributed by atoms with E-state index in [1.54, 1.807) is 32.9 Å². The number of aryl methyl sites for hydroxylation is 1. The van der Waals surface area contributed by atoms with Crippen molar-refractivity contribution in [2.75, 3.05) is 6.54 Å². The van der Waals surface area contributed by atoms with Crippen molar-refractivity contribution in [2.24, 2.45) is 0 Å². The summed E-state index contributed by atoms with van der Waals surface area (Å²) in [7, 11) is 0. The lowest BCUT2D eigenvalue weighted by molar-refractivity contribution is -0.137. The van der Waals surface area contributed by atoms with Crippen LogP contribution in [-0.4, -0.2) is 34.5 Å². The van der Waals surface area contributed by atoms with Crippen molar-refractivity contribution in [3.8, 4) is 0 Å². The first-order valence-electron chi connectivity index (χ1n) is 6.12. The molecule has 0 aliphatic rings. The van der Waals surface area contributed by atoms with Crippen molar-refractivity contribution in [1.29, 1.82) is 0 Å². The maximum Gasteiger partial charge on any atom is 0.305 e. The molecule has 5 heteroatoms. The molecule has 1 aromatic rings. The maximum absolute atomic E-state index is 13.9. The van der Waals surface area contributed by atoms with Gasteiger partial charge in [-0.05, 0) is 32.4 Å². The molecule has 1 N–H and O–H groups in total. The Bertz CT molecular complexity index is 486. The number of aliphatic carboxylic acids is 1. The molecule has 104 valence electrons. The van der Waals surface area contributed by atoms with Gasteiger partial charge in [0, 0.05) is 12.6 Å². The van der Waals surface area contributed by atoms with Crippen molar-refractivity contribution >= 4 is 11.9 Å². The molecule has 0 aliphatic heterocycles. The lowest BCUT2D eigenvalue weighted by Crippen LogP contribution is -2.39. The molecule has 0 atom stereocenters. The highest BCUT2D eigenvalue weighted by molar-refractivity contribution is 5.95. The second-order valence-corrected chi connectivity index (χ2v) is 4.67. The first kappa shape index (κ1) is 15.1. The average Bonchev–Trinajstić information content (AvgIpc) is 2.31. The van der Waals surface area contributed by atoms with Gasteiger partial charge in [0.15, 0.2) is 0 Å². The van der Waals surface area contributed by atoms with Gasteiger partial charge in [0.1, 0.15) is 5.82 Å². The molecule has 0 bridgehead atoms. The van der Waals surface area contributed by atoms with Crippen LogP contribution < -0.4 is 0 Å². The largest absolute Gasteiger partial charge is 0.481 e. The molecular formula is C14H18FNO3. The topological polar surface area (TPSA) is 57.6 Å². The zero-order valence-electron chi connectivity index (χ0n) is 11.3. The predicted octanol–water partition coefficient (Wildman–Crippen LogP) is 2.46. The lowest BCUT2D eigenvalue weighted by atomic mass is 10.1. The summed E-state index contributed by atoms with van der Waals surface area (Å²) in [6, 6.07) is 4.43. The first-order valence-corrected chi connectivity index (χ1v) is 6.12. The zero-order valence-corrected chi connectivity index (χ0v) is 11.3. The summed E-state index contributed by atoms with van der Waals surface area (Å²) in [5.41, 5.74) is 0.381. The normalized spacial score (nSPS) is 10.6. The van der Waals surface area contributed by atoms with E-state index in [1.807, 2.05) is 0 Å². The number of hydrogen-bond donors (Lipinski definition) is 1. The zero-order chi connectivity index (χ0) is 14.6. The minimum absolute atomic E-state index is 0.0147. The number of hydrogen-bond acceptors (Lipinski definition) is 2. The molecule has 0 saturated heterocycles. The Labute approximate surface area is 111 Å². The minimum Gasteiger partial charge on any atom is -0.481 e. The van der Waals surface area contributed by atoms with Crippen molar-refractivity contribution in [3.63, 3.8) is 0 Å². The summed E-state index contributed by atoms with van der Waals surface area (Å²) in [6.45, 7) is 5.20. The van der Waals surface area contributed by atoms with Crippen LogP contribution in [0.15, 0.2) is 18.2 Å². The van der Waals surface area contributed by atoms with Crippen LogP contribution in [0, 0.1) is 12.7 Å². The second-order valence-electron chi connectivity index (χ2n) is 4.67. The van der Waals surface area contributed by atoms with Crippen molar-refractivity contribution in [3.05, 3.63) is 35.1 Å². The van der Waals surface area contributed by atoms with Crippen LogP contribution in [0.3, 0.4) is 0 Å².